The zero-order chi connectivity index (χ0) is 16.3. The van der Waals surface area contributed by atoms with Gasteiger partial charge in [0.05, 0.1) is 14.9 Å². The number of carbonyl (C=O) groups is 1. The summed E-state index contributed by atoms with van der Waals surface area (Å²) in [6.45, 7) is 0. The van der Waals surface area contributed by atoms with E-state index in [1.807, 2.05) is 0 Å². The third-order valence-electron chi connectivity index (χ3n) is 2.49. The van der Waals surface area contributed by atoms with Crippen molar-refractivity contribution in [2.24, 2.45) is 0 Å². The quantitative estimate of drug-likeness (QED) is 0.238. The van der Waals surface area contributed by atoms with Crippen molar-refractivity contribution in [2.45, 2.75) is 4.90 Å². The van der Waals surface area contributed by atoms with E-state index in [2.05, 4.69) is 4.98 Å². The molecule has 0 saturated heterocycles. The molecule has 1 aromatic heterocycles. The SMILES string of the molecule is O=C(/C=C/Sc1c(Cl)c(Cl)nc(Cl)c1Cl)c1ccc(Cl)cc1. The van der Waals surface area contributed by atoms with Gasteiger partial charge in [0, 0.05) is 10.6 Å². The molecule has 8 heteroatoms. The minimum absolute atomic E-state index is 0.0518. The highest BCUT2D eigenvalue weighted by molar-refractivity contribution is 8.02. The van der Waals surface area contributed by atoms with Gasteiger partial charge in [-0.1, -0.05) is 69.8 Å². The first-order valence-electron chi connectivity index (χ1n) is 5.73. The molecular weight excluding hydrogens is 407 g/mol. The van der Waals surface area contributed by atoms with Crippen LogP contribution in [0.15, 0.2) is 40.6 Å². The van der Waals surface area contributed by atoms with Gasteiger partial charge in [-0.25, -0.2) is 4.98 Å². The Morgan fingerprint density at radius 3 is 2.05 bits per heavy atom. The zero-order valence-electron chi connectivity index (χ0n) is 10.6. The Kier molecular flexibility index (Phi) is 6.45. The summed E-state index contributed by atoms with van der Waals surface area (Å²) in [5.41, 5.74) is 0.518. The highest BCUT2D eigenvalue weighted by Gasteiger charge is 2.15. The van der Waals surface area contributed by atoms with Crippen LogP contribution in [-0.4, -0.2) is 10.8 Å². The minimum atomic E-state index is -0.178. The number of hydrogen-bond acceptors (Lipinski definition) is 3. The molecule has 0 bridgehead atoms. The molecule has 22 heavy (non-hydrogen) atoms. The molecule has 1 aromatic carbocycles. The molecule has 0 saturated carbocycles. The van der Waals surface area contributed by atoms with E-state index in [0.717, 1.165) is 11.8 Å². The fourth-order valence-electron chi connectivity index (χ4n) is 1.45. The number of pyridine rings is 1. The largest absolute Gasteiger partial charge is 0.289 e. The van der Waals surface area contributed by atoms with Crippen LogP contribution in [0.2, 0.25) is 25.4 Å². The minimum Gasteiger partial charge on any atom is -0.289 e. The molecule has 114 valence electrons. The van der Waals surface area contributed by atoms with Crippen molar-refractivity contribution in [1.82, 2.24) is 4.98 Å². The molecule has 2 nitrogen and oxygen atoms in total. The van der Waals surface area contributed by atoms with Crippen molar-refractivity contribution in [3.63, 3.8) is 0 Å². The van der Waals surface area contributed by atoms with Crippen LogP contribution in [0.1, 0.15) is 10.4 Å². The summed E-state index contributed by atoms with van der Waals surface area (Å²) in [4.78, 5) is 16.2. The van der Waals surface area contributed by atoms with Crippen LogP contribution in [0.3, 0.4) is 0 Å². The highest BCUT2D eigenvalue weighted by atomic mass is 35.5. The van der Waals surface area contributed by atoms with E-state index in [0.29, 0.717) is 15.5 Å². The summed E-state index contributed by atoms with van der Waals surface area (Å²) < 4.78 is 0. The Morgan fingerprint density at radius 2 is 1.50 bits per heavy atom. The molecule has 0 spiro atoms. The number of halogens is 5. The van der Waals surface area contributed by atoms with Crippen molar-refractivity contribution in [2.75, 3.05) is 0 Å². The fraction of sp³-hybridized carbons (Fsp3) is 0. The maximum atomic E-state index is 12.0. The first-order valence-corrected chi connectivity index (χ1v) is 8.50. The lowest BCUT2D eigenvalue weighted by molar-refractivity contribution is 0.104. The van der Waals surface area contributed by atoms with Crippen LogP contribution in [0.4, 0.5) is 0 Å². The standard InChI is InChI=1S/C14H6Cl5NOS/c15-8-3-1-7(2-4-8)9(21)5-6-22-12-10(16)13(18)20-14(19)11(12)17/h1-6H/b6-5+. The second-order valence-electron chi connectivity index (χ2n) is 3.94. The van der Waals surface area contributed by atoms with Crippen LogP contribution >= 0.6 is 69.8 Å². The zero-order valence-corrected chi connectivity index (χ0v) is 15.2. The second-order valence-corrected chi connectivity index (χ2v) is 6.77. The normalized spacial score (nSPS) is 11.1. The number of hydrogen-bond donors (Lipinski definition) is 0. The van der Waals surface area contributed by atoms with Gasteiger partial charge in [0.2, 0.25) is 0 Å². The number of allylic oxidation sites excluding steroid dienone is 1. The van der Waals surface area contributed by atoms with E-state index in [9.17, 15) is 4.79 Å². The van der Waals surface area contributed by atoms with Crippen molar-refractivity contribution in [1.29, 1.82) is 0 Å². The molecule has 0 N–H and O–H groups in total. The summed E-state index contributed by atoms with van der Waals surface area (Å²) in [6.07, 6.45) is 1.39. The smallest absolute Gasteiger partial charge is 0.186 e. The third-order valence-corrected chi connectivity index (χ3v) is 5.36. The first-order chi connectivity index (χ1) is 10.4. The number of aromatic nitrogens is 1. The molecule has 0 radical (unpaired) electrons. The Bertz CT molecular complexity index is 720. The first kappa shape index (κ1) is 17.9. The Hall–Kier alpha value is -0.420. The number of rotatable bonds is 4. The Balaban J connectivity index is 2.16. The number of benzene rings is 1. The van der Waals surface area contributed by atoms with Gasteiger partial charge < -0.3 is 0 Å². The number of ketones is 1. The molecule has 0 fully saturated rings. The summed E-state index contributed by atoms with van der Waals surface area (Å²) in [6, 6.07) is 6.57. The summed E-state index contributed by atoms with van der Waals surface area (Å²) >= 11 is 30.6. The number of carbonyl (C=O) groups excluding carboxylic acids is 1. The van der Waals surface area contributed by atoms with Gasteiger partial charge in [-0.15, -0.1) is 0 Å². The van der Waals surface area contributed by atoms with Gasteiger partial charge >= 0.3 is 0 Å². The maximum Gasteiger partial charge on any atom is 0.186 e. The lowest BCUT2D eigenvalue weighted by Crippen LogP contribution is -1.92. The molecular formula is C14H6Cl5NOS. The van der Waals surface area contributed by atoms with E-state index >= 15 is 0 Å². The number of nitrogens with zero attached hydrogens (tertiary/aromatic N) is 1. The van der Waals surface area contributed by atoms with Crippen LogP contribution in [0.5, 0.6) is 0 Å². The van der Waals surface area contributed by atoms with Crippen LogP contribution in [-0.2, 0) is 0 Å². The van der Waals surface area contributed by atoms with Gasteiger partial charge in [0.25, 0.3) is 0 Å². The lowest BCUT2D eigenvalue weighted by Gasteiger charge is -2.06. The predicted molar refractivity (Wildman–Crippen MR) is 95.1 cm³/mol. The van der Waals surface area contributed by atoms with Gasteiger partial charge in [-0.3, -0.25) is 4.79 Å². The van der Waals surface area contributed by atoms with Crippen LogP contribution in [0.25, 0.3) is 0 Å². The molecule has 0 amide bonds. The van der Waals surface area contributed by atoms with E-state index in [1.165, 1.54) is 6.08 Å². The molecule has 0 unspecified atom stereocenters. The van der Waals surface area contributed by atoms with E-state index in [1.54, 1.807) is 29.7 Å². The van der Waals surface area contributed by atoms with Crippen molar-refractivity contribution >= 4 is 75.5 Å². The molecule has 0 aliphatic heterocycles. The fourth-order valence-corrected chi connectivity index (χ4v) is 3.40. The summed E-state index contributed by atoms with van der Waals surface area (Å²) in [7, 11) is 0. The van der Waals surface area contributed by atoms with Crippen molar-refractivity contribution in [3.05, 3.63) is 66.7 Å². The average Bonchev–Trinajstić information content (AvgIpc) is 2.49. The van der Waals surface area contributed by atoms with Gasteiger partial charge in [-0.2, -0.15) is 0 Å². The van der Waals surface area contributed by atoms with Crippen molar-refractivity contribution < 1.29 is 4.79 Å². The second kappa shape index (κ2) is 7.91. The van der Waals surface area contributed by atoms with Crippen molar-refractivity contribution in [3.8, 4) is 0 Å². The molecule has 2 rings (SSSR count). The van der Waals surface area contributed by atoms with E-state index in [4.69, 9.17) is 58.0 Å². The number of thioether (sulfide) groups is 1. The predicted octanol–water partition coefficient (Wildman–Crippen LogP) is 6.84. The van der Waals surface area contributed by atoms with Gasteiger partial charge in [0.15, 0.2) is 16.1 Å². The van der Waals surface area contributed by atoms with Crippen LogP contribution in [0, 0.1) is 0 Å². The van der Waals surface area contributed by atoms with Gasteiger partial charge in [0.1, 0.15) is 0 Å². The molecule has 0 atom stereocenters. The monoisotopic (exact) mass is 411 g/mol. The molecule has 0 aliphatic rings. The van der Waals surface area contributed by atoms with E-state index in [-0.39, 0.29) is 26.1 Å². The molecule has 1 heterocycles. The third kappa shape index (κ3) is 4.31. The van der Waals surface area contributed by atoms with E-state index < -0.39 is 0 Å². The lowest BCUT2D eigenvalue weighted by atomic mass is 10.1. The van der Waals surface area contributed by atoms with Crippen LogP contribution < -0.4 is 0 Å². The topological polar surface area (TPSA) is 30.0 Å². The Morgan fingerprint density at radius 1 is 0.955 bits per heavy atom. The Labute approximate surface area is 156 Å². The highest BCUT2D eigenvalue weighted by Crippen LogP contribution is 2.41. The summed E-state index contributed by atoms with van der Waals surface area (Å²) in [5, 5.41) is 2.59. The maximum absolute atomic E-state index is 12.0. The molecule has 2 aromatic rings. The molecule has 0 aliphatic carbocycles. The average molecular weight is 414 g/mol. The summed E-state index contributed by atoms with van der Waals surface area (Å²) in [5.74, 6) is -0.178. The van der Waals surface area contributed by atoms with Gasteiger partial charge in [-0.05, 0) is 35.7 Å².